The van der Waals surface area contributed by atoms with Crippen molar-refractivity contribution >= 4 is 35.0 Å². The van der Waals surface area contributed by atoms with Crippen LogP contribution in [0.15, 0.2) is 46.0 Å². The summed E-state index contributed by atoms with van der Waals surface area (Å²) in [7, 11) is 0. The van der Waals surface area contributed by atoms with Gasteiger partial charge >= 0.3 is 0 Å². The van der Waals surface area contributed by atoms with Gasteiger partial charge in [-0.1, -0.05) is 35.0 Å². The van der Waals surface area contributed by atoms with Gasteiger partial charge in [0.15, 0.2) is 11.5 Å². The Morgan fingerprint density at radius 3 is 2.71 bits per heavy atom. The molecule has 1 aromatic heterocycles. The van der Waals surface area contributed by atoms with E-state index in [1.165, 1.54) is 11.8 Å². The maximum Gasteiger partial charge on any atom is 0.277 e. The lowest BCUT2D eigenvalue weighted by atomic mass is 10.2. The van der Waals surface area contributed by atoms with Crippen LogP contribution in [0.3, 0.4) is 0 Å². The van der Waals surface area contributed by atoms with Crippen LogP contribution in [-0.2, 0) is 5.75 Å². The minimum Gasteiger partial charge on any atom is -0.454 e. The first-order chi connectivity index (χ1) is 11.7. The Bertz CT molecular complexity index is 884. The summed E-state index contributed by atoms with van der Waals surface area (Å²) in [5.74, 6) is 2.33. The average Bonchev–Trinajstić information content (AvgIpc) is 3.23. The zero-order valence-electron chi connectivity index (χ0n) is 12.2. The molecule has 1 aliphatic heterocycles. The molecule has 2 aromatic carbocycles. The lowest BCUT2D eigenvalue weighted by Crippen LogP contribution is -1.93. The molecule has 24 heavy (non-hydrogen) atoms. The van der Waals surface area contributed by atoms with E-state index in [-0.39, 0.29) is 6.79 Å². The highest BCUT2D eigenvalue weighted by atomic mass is 35.5. The van der Waals surface area contributed by atoms with E-state index in [4.69, 9.17) is 37.1 Å². The highest BCUT2D eigenvalue weighted by Gasteiger charge is 2.18. The first-order valence-corrected chi connectivity index (χ1v) is 8.73. The second-order valence-electron chi connectivity index (χ2n) is 4.98. The molecule has 0 unspecified atom stereocenters. The van der Waals surface area contributed by atoms with E-state index in [1.807, 2.05) is 24.3 Å². The number of rotatable bonds is 4. The van der Waals surface area contributed by atoms with Crippen molar-refractivity contribution in [3.05, 3.63) is 52.0 Å². The van der Waals surface area contributed by atoms with Crippen LogP contribution in [0, 0.1) is 0 Å². The molecule has 0 saturated heterocycles. The summed E-state index contributed by atoms with van der Waals surface area (Å²) in [5, 5.41) is 9.78. The fourth-order valence-corrected chi connectivity index (χ4v) is 3.33. The van der Waals surface area contributed by atoms with Crippen LogP contribution >= 0.6 is 35.0 Å². The van der Waals surface area contributed by atoms with Gasteiger partial charge in [0, 0.05) is 16.3 Å². The van der Waals surface area contributed by atoms with E-state index in [1.54, 1.807) is 12.1 Å². The summed E-state index contributed by atoms with van der Waals surface area (Å²) in [6, 6.07) is 11.0. The van der Waals surface area contributed by atoms with E-state index < -0.39 is 0 Å². The number of benzene rings is 2. The molecule has 0 saturated carbocycles. The van der Waals surface area contributed by atoms with Crippen LogP contribution in [-0.4, -0.2) is 17.0 Å². The van der Waals surface area contributed by atoms with Gasteiger partial charge in [0.2, 0.25) is 12.7 Å². The maximum absolute atomic E-state index is 6.18. The van der Waals surface area contributed by atoms with Crippen molar-refractivity contribution in [3.63, 3.8) is 0 Å². The third-order valence-electron chi connectivity index (χ3n) is 3.35. The summed E-state index contributed by atoms with van der Waals surface area (Å²) in [5.41, 5.74) is 1.81. The van der Waals surface area contributed by atoms with Crippen LogP contribution in [0.5, 0.6) is 11.5 Å². The van der Waals surface area contributed by atoms with Gasteiger partial charge in [-0.25, -0.2) is 0 Å². The van der Waals surface area contributed by atoms with E-state index in [2.05, 4.69) is 10.2 Å². The Morgan fingerprint density at radius 2 is 1.88 bits per heavy atom. The summed E-state index contributed by atoms with van der Waals surface area (Å²) in [6.45, 7) is 0.194. The van der Waals surface area contributed by atoms with Crippen molar-refractivity contribution in [1.82, 2.24) is 10.2 Å². The monoisotopic (exact) mass is 380 g/mol. The van der Waals surface area contributed by atoms with Crippen molar-refractivity contribution in [3.8, 4) is 23.0 Å². The van der Waals surface area contributed by atoms with Crippen LogP contribution in [0.1, 0.15) is 5.56 Å². The Labute approximate surface area is 151 Å². The molecule has 4 rings (SSSR count). The van der Waals surface area contributed by atoms with E-state index in [0.29, 0.717) is 38.4 Å². The quantitative estimate of drug-likeness (QED) is 0.589. The standard InChI is InChI=1S/C16H10Cl2N2O3S/c17-11-3-1-10(2-4-11)15-19-20-16(23-15)24-7-9-5-12(18)14-13(6-9)21-8-22-14/h1-6H,7-8H2. The Kier molecular flexibility index (Phi) is 4.26. The van der Waals surface area contributed by atoms with Crippen molar-refractivity contribution in [1.29, 1.82) is 0 Å². The number of aromatic nitrogens is 2. The number of ether oxygens (including phenoxy) is 2. The molecule has 0 fully saturated rings. The molecule has 0 amide bonds. The Morgan fingerprint density at radius 1 is 1.04 bits per heavy atom. The predicted octanol–water partition coefficient (Wildman–Crippen LogP) is 5.06. The van der Waals surface area contributed by atoms with Crippen LogP contribution in [0.2, 0.25) is 10.0 Å². The zero-order chi connectivity index (χ0) is 16.5. The van der Waals surface area contributed by atoms with Gasteiger partial charge in [-0.2, -0.15) is 0 Å². The van der Waals surface area contributed by atoms with Crippen molar-refractivity contribution in [2.45, 2.75) is 11.0 Å². The van der Waals surface area contributed by atoms with Gasteiger partial charge in [0.05, 0.1) is 5.02 Å². The van der Waals surface area contributed by atoms with Crippen LogP contribution < -0.4 is 9.47 Å². The second kappa shape index (κ2) is 6.55. The van der Waals surface area contributed by atoms with Crippen molar-refractivity contribution < 1.29 is 13.9 Å². The number of hydrogen-bond donors (Lipinski definition) is 0. The SMILES string of the molecule is Clc1ccc(-c2nnc(SCc3cc(Cl)c4c(c3)OCO4)o2)cc1. The normalized spacial score (nSPS) is 12.6. The van der Waals surface area contributed by atoms with Gasteiger partial charge in [-0.3, -0.25) is 0 Å². The third kappa shape index (κ3) is 3.17. The number of nitrogens with zero attached hydrogens (tertiary/aromatic N) is 2. The minimum absolute atomic E-state index is 0.194. The lowest BCUT2D eigenvalue weighted by Gasteiger charge is -2.03. The summed E-state index contributed by atoms with van der Waals surface area (Å²) in [6.07, 6.45) is 0. The largest absolute Gasteiger partial charge is 0.454 e. The molecule has 5 nitrogen and oxygen atoms in total. The van der Waals surface area contributed by atoms with E-state index >= 15 is 0 Å². The Hall–Kier alpha value is -1.89. The fraction of sp³-hybridized carbons (Fsp3) is 0.125. The Balaban J connectivity index is 1.47. The molecule has 0 spiro atoms. The average molecular weight is 381 g/mol. The second-order valence-corrected chi connectivity index (χ2v) is 6.75. The number of thioether (sulfide) groups is 1. The van der Waals surface area contributed by atoms with E-state index in [0.717, 1.165) is 11.1 Å². The zero-order valence-corrected chi connectivity index (χ0v) is 14.5. The molecular weight excluding hydrogens is 371 g/mol. The molecule has 2 heterocycles. The topological polar surface area (TPSA) is 57.4 Å². The lowest BCUT2D eigenvalue weighted by molar-refractivity contribution is 0.174. The van der Waals surface area contributed by atoms with Crippen molar-refractivity contribution in [2.24, 2.45) is 0 Å². The fourth-order valence-electron chi connectivity index (χ4n) is 2.23. The van der Waals surface area contributed by atoms with Crippen LogP contribution in [0.25, 0.3) is 11.5 Å². The van der Waals surface area contributed by atoms with Crippen LogP contribution in [0.4, 0.5) is 0 Å². The third-order valence-corrected chi connectivity index (χ3v) is 4.77. The molecule has 0 atom stereocenters. The molecule has 1 aliphatic rings. The molecule has 0 N–H and O–H groups in total. The first-order valence-electron chi connectivity index (χ1n) is 6.99. The molecule has 0 bridgehead atoms. The highest BCUT2D eigenvalue weighted by Crippen LogP contribution is 2.40. The predicted molar refractivity (Wildman–Crippen MR) is 91.9 cm³/mol. The first kappa shape index (κ1) is 15.6. The highest BCUT2D eigenvalue weighted by molar-refractivity contribution is 7.98. The minimum atomic E-state index is 0.194. The molecule has 0 aliphatic carbocycles. The van der Waals surface area contributed by atoms with Gasteiger partial charge in [-0.05, 0) is 42.0 Å². The molecule has 0 radical (unpaired) electrons. The number of halogens is 2. The van der Waals surface area contributed by atoms with Gasteiger partial charge < -0.3 is 13.9 Å². The summed E-state index contributed by atoms with van der Waals surface area (Å²) < 4.78 is 16.3. The van der Waals surface area contributed by atoms with Gasteiger partial charge in [-0.15, -0.1) is 10.2 Å². The molecule has 122 valence electrons. The molecule has 8 heteroatoms. The summed E-state index contributed by atoms with van der Waals surface area (Å²) >= 11 is 13.5. The number of fused-ring (bicyclic) bond motifs is 1. The van der Waals surface area contributed by atoms with Gasteiger partial charge in [0.1, 0.15) is 0 Å². The van der Waals surface area contributed by atoms with E-state index in [9.17, 15) is 0 Å². The van der Waals surface area contributed by atoms with Gasteiger partial charge in [0.25, 0.3) is 5.22 Å². The van der Waals surface area contributed by atoms with Crippen molar-refractivity contribution in [2.75, 3.05) is 6.79 Å². The number of hydrogen-bond acceptors (Lipinski definition) is 6. The summed E-state index contributed by atoms with van der Waals surface area (Å²) in [4.78, 5) is 0. The molecule has 3 aromatic rings. The smallest absolute Gasteiger partial charge is 0.277 e. The maximum atomic E-state index is 6.18. The molecular formula is C16H10Cl2N2O3S.